The van der Waals surface area contributed by atoms with Gasteiger partial charge in [0.1, 0.15) is 5.15 Å². The van der Waals surface area contributed by atoms with Crippen LogP contribution in [0.25, 0.3) is 0 Å². The summed E-state index contributed by atoms with van der Waals surface area (Å²) < 4.78 is 28.7. The van der Waals surface area contributed by atoms with Gasteiger partial charge in [-0.05, 0) is 29.6 Å². The van der Waals surface area contributed by atoms with Gasteiger partial charge in [0.2, 0.25) is 5.03 Å². The van der Waals surface area contributed by atoms with Gasteiger partial charge < -0.3 is 4.57 Å². The fraction of sp³-hybridized carbons (Fsp3) is 0.0625. The van der Waals surface area contributed by atoms with E-state index in [-0.39, 0.29) is 10.2 Å². The number of rotatable bonds is 3. The van der Waals surface area contributed by atoms with E-state index < -0.39 is 10.0 Å². The number of thiophene rings is 1. The molecule has 3 aromatic rings. The Hall–Kier alpha value is -2.27. The van der Waals surface area contributed by atoms with Crippen LogP contribution in [0.4, 0.5) is 5.69 Å². The van der Waals surface area contributed by atoms with Gasteiger partial charge in [-0.2, -0.15) is 8.42 Å². The molecule has 3 rings (SSSR count). The molecule has 2 aromatic heterocycles. The van der Waals surface area contributed by atoms with Crippen LogP contribution in [0.2, 0.25) is 5.15 Å². The molecular weight excluding hydrogens is 366 g/mol. The number of sulfonamides is 1. The van der Waals surface area contributed by atoms with Crippen molar-refractivity contribution in [1.82, 2.24) is 9.55 Å². The van der Waals surface area contributed by atoms with Crippen molar-refractivity contribution in [3.63, 3.8) is 0 Å². The largest absolute Gasteiger partial charge is 0.324 e. The fourth-order valence-electron chi connectivity index (χ4n) is 1.92. The highest BCUT2D eigenvalue weighted by atomic mass is 35.5. The first kappa shape index (κ1) is 16.6. The molecule has 0 fully saturated rings. The zero-order valence-electron chi connectivity index (χ0n) is 12.5. The van der Waals surface area contributed by atoms with Crippen molar-refractivity contribution in [1.29, 1.82) is 0 Å². The quantitative estimate of drug-likeness (QED) is 0.712. The van der Waals surface area contributed by atoms with E-state index in [1.807, 2.05) is 23.6 Å². The topological polar surface area (TPSA) is 64.0 Å². The number of hydrogen-bond acceptors (Lipinski definition) is 4. The van der Waals surface area contributed by atoms with E-state index in [1.54, 1.807) is 36.6 Å². The molecule has 0 atom stereocenters. The predicted molar refractivity (Wildman–Crippen MR) is 95.8 cm³/mol. The predicted octanol–water partition coefficient (Wildman–Crippen LogP) is 3.34. The molecule has 0 saturated carbocycles. The van der Waals surface area contributed by atoms with Crippen LogP contribution in [-0.2, 0) is 17.1 Å². The van der Waals surface area contributed by atoms with Gasteiger partial charge >= 0.3 is 0 Å². The smallest absolute Gasteiger partial charge is 0.282 e. The second kappa shape index (κ2) is 6.69. The van der Waals surface area contributed by atoms with E-state index in [0.29, 0.717) is 11.3 Å². The number of nitrogens with zero attached hydrogens (tertiary/aromatic N) is 2. The number of imidazole rings is 1. The van der Waals surface area contributed by atoms with Gasteiger partial charge in [-0.3, -0.25) is 4.72 Å². The van der Waals surface area contributed by atoms with Crippen molar-refractivity contribution in [3.8, 4) is 11.8 Å². The molecule has 0 radical (unpaired) electrons. The maximum atomic E-state index is 12.4. The standard InChI is InChI=1S/C16H12ClN3O2S2/c1-20-11-18-16(15(20)17)24(21,22)19-13-5-2-4-12(10-13)7-8-14-6-3-9-23-14/h2-6,9-11,19H,1H3. The van der Waals surface area contributed by atoms with E-state index in [1.165, 1.54) is 10.9 Å². The third-order valence-electron chi connectivity index (χ3n) is 3.05. The summed E-state index contributed by atoms with van der Waals surface area (Å²) in [5.41, 5.74) is 1.10. The first-order valence-electron chi connectivity index (χ1n) is 6.81. The van der Waals surface area contributed by atoms with E-state index >= 15 is 0 Å². The molecule has 1 aromatic carbocycles. The number of hydrogen-bond donors (Lipinski definition) is 1. The summed E-state index contributed by atoms with van der Waals surface area (Å²) in [7, 11) is -2.24. The van der Waals surface area contributed by atoms with E-state index in [2.05, 4.69) is 21.5 Å². The highest BCUT2D eigenvalue weighted by Gasteiger charge is 2.22. The Morgan fingerprint density at radius 3 is 2.75 bits per heavy atom. The van der Waals surface area contributed by atoms with Crippen LogP contribution in [0.15, 0.2) is 53.1 Å². The number of aryl methyl sites for hydroxylation is 1. The molecule has 0 amide bonds. The van der Waals surface area contributed by atoms with Crippen LogP contribution in [0.5, 0.6) is 0 Å². The van der Waals surface area contributed by atoms with Gasteiger partial charge in [-0.25, -0.2) is 4.98 Å². The molecule has 2 heterocycles. The molecule has 8 heteroatoms. The van der Waals surface area contributed by atoms with Crippen LogP contribution >= 0.6 is 22.9 Å². The second-order valence-corrected chi connectivity index (χ2v) is 7.77. The second-order valence-electron chi connectivity index (χ2n) is 4.87. The van der Waals surface area contributed by atoms with Crippen LogP contribution < -0.4 is 4.72 Å². The lowest BCUT2D eigenvalue weighted by Gasteiger charge is -2.06. The third-order valence-corrected chi connectivity index (χ3v) is 5.71. The molecule has 24 heavy (non-hydrogen) atoms. The molecule has 0 bridgehead atoms. The first-order chi connectivity index (χ1) is 11.5. The molecular formula is C16H12ClN3O2S2. The molecule has 1 N–H and O–H groups in total. The van der Waals surface area contributed by atoms with E-state index in [0.717, 1.165) is 4.88 Å². The summed E-state index contributed by atoms with van der Waals surface area (Å²) in [6, 6.07) is 10.7. The first-order valence-corrected chi connectivity index (χ1v) is 9.55. The normalized spacial score (nSPS) is 10.9. The van der Waals surface area contributed by atoms with Crippen molar-refractivity contribution in [2.45, 2.75) is 5.03 Å². The maximum Gasteiger partial charge on any atom is 0.282 e. The Labute approximate surface area is 149 Å². The third kappa shape index (κ3) is 3.62. The monoisotopic (exact) mass is 377 g/mol. The highest BCUT2D eigenvalue weighted by Crippen LogP contribution is 2.22. The van der Waals surface area contributed by atoms with Crippen molar-refractivity contribution in [2.24, 2.45) is 7.05 Å². The molecule has 0 aliphatic carbocycles. The minimum Gasteiger partial charge on any atom is -0.324 e. The summed E-state index contributed by atoms with van der Waals surface area (Å²) in [4.78, 5) is 4.78. The minimum absolute atomic E-state index is 0.0520. The van der Waals surface area contributed by atoms with Crippen LogP contribution in [-0.4, -0.2) is 18.0 Å². The molecule has 122 valence electrons. The SMILES string of the molecule is Cn1cnc(S(=O)(=O)Nc2cccc(C#Cc3cccs3)c2)c1Cl. The summed E-state index contributed by atoms with van der Waals surface area (Å²) in [6.45, 7) is 0. The lowest BCUT2D eigenvalue weighted by Crippen LogP contribution is -2.14. The van der Waals surface area contributed by atoms with Gasteiger partial charge in [0.25, 0.3) is 10.0 Å². The average Bonchev–Trinajstić information content (AvgIpc) is 3.16. The Kier molecular flexibility index (Phi) is 4.62. The Bertz CT molecular complexity index is 1030. The number of anilines is 1. The van der Waals surface area contributed by atoms with E-state index in [9.17, 15) is 8.42 Å². The summed E-state index contributed by atoms with van der Waals surface area (Å²) in [5, 5.41) is 1.79. The van der Waals surface area contributed by atoms with Crippen molar-refractivity contribution in [3.05, 3.63) is 63.7 Å². The van der Waals surface area contributed by atoms with Gasteiger partial charge in [-0.1, -0.05) is 35.6 Å². The lowest BCUT2D eigenvalue weighted by atomic mass is 10.2. The summed E-state index contributed by atoms with van der Waals surface area (Å²) >= 11 is 7.50. The molecule has 5 nitrogen and oxygen atoms in total. The van der Waals surface area contributed by atoms with Crippen molar-refractivity contribution < 1.29 is 8.42 Å². The maximum absolute atomic E-state index is 12.4. The van der Waals surface area contributed by atoms with E-state index in [4.69, 9.17) is 11.6 Å². The number of nitrogens with one attached hydrogen (secondary N) is 1. The average molecular weight is 378 g/mol. The Morgan fingerprint density at radius 2 is 2.08 bits per heavy atom. The molecule has 0 aliphatic heterocycles. The minimum atomic E-state index is -3.86. The van der Waals surface area contributed by atoms with Crippen molar-refractivity contribution in [2.75, 3.05) is 4.72 Å². The number of halogens is 1. The van der Waals surface area contributed by atoms with Crippen LogP contribution in [0.1, 0.15) is 10.4 Å². The Morgan fingerprint density at radius 1 is 1.25 bits per heavy atom. The molecule has 0 saturated heterocycles. The molecule has 0 unspecified atom stereocenters. The van der Waals surface area contributed by atoms with Gasteiger partial charge in [0.05, 0.1) is 16.9 Å². The molecule has 0 aliphatic rings. The summed E-state index contributed by atoms with van der Waals surface area (Å²) in [6.07, 6.45) is 1.35. The summed E-state index contributed by atoms with van der Waals surface area (Å²) in [5.74, 6) is 6.04. The van der Waals surface area contributed by atoms with Gasteiger partial charge in [-0.15, -0.1) is 11.3 Å². The zero-order valence-corrected chi connectivity index (χ0v) is 14.9. The van der Waals surface area contributed by atoms with Gasteiger partial charge in [0.15, 0.2) is 0 Å². The zero-order chi connectivity index (χ0) is 17.2. The fourth-order valence-corrected chi connectivity index (χ4v) is 3.98. The Balaban J connectivity index is 1.86. The highest BCUT2D eigenvalue weighted by molar-refractivity contribution is 7.92. The van der Waals surface area contributed by atoms with Crippen molar-refractivity contribution >= 4 is 38.6 Å². The lowest BCUT2D eigenvalue weighted by molar-refractivity contribution is 0.598. The van der Waals surface area contributed by atoms with Crippen LogP contribution in [0, 0.1) is 11.8 Å². The van der Waals surface area contributed by atoms with Crippen LogP contribution in [0.3, 0.4) is 0 Å². The number of benzene rings is 1. The molecule has 0 spiro atoms. The number of aromatic nitrogens is 2. The van der Waals surface area contributed by atoms with Gasteiger partial charge in [0, 0.05) is 12.6 Å².